The first-order valence-electron chi connectivity index (χ1n) is 8.80. The highest BCUT2D eigenvalue weighted by Crippen LogP contribution is 2.28. The smallest absolute Gasteiger partial charge is 0.270 e. The van der Waals surface area contributed by atoms with E-state index < -0.39 is 0 Å². The number of thiazole rings is 1. The van der Waals surface area contributed by atoms with Crippen LogP contribution in [0.5, 0.6) is 0 Å². The van der Waals surface area contributed by atoms with Crippen molar-refractivity contribution in [2.24, 2.45) is 0 Å². The number of aromatic nitrogens is 3. The van der Waals surface area contributed by atoms with Gasteiger partial charge in [-0.25, -0.2) is 9.97 Å². The van der Waals surface area contributed by atoms with Gasteiger partial charge >= 0.3 is 0 Å². The largest absolute Gasteiger partial charge is 0.319 e. The number of anilines is 1. The number of carbonyl (C=O) groups is 1. The number of nitrogens with one attached hydrogen (secondary N) is 2. The molecule has 2 aromatic carbocycles. The first-order valence-corrected chi connectivity index (χ1v) is 9.62. The van der Waals surface area contributed by atoms with E-state index in [4.69, 9.17) is 0 Å². The summed E-state index contributed by atoms with van der Waals surface area (Å²) in [6.45, 7) is 2.08. The average Bonchev–Trinajstić information content (AvgIpc) is 3.08. The van der Waals surface area contributed by atoms with E-state index in [-0.39, 0.29) is 24.3 Å². The van der Waals surface area contributed by atoms with E-state index in [1.54, 1.807) is 6.07 Å². The number of fused-ring (bicyclic) bond motifs is 2. The van der Waals surface area contributed by atoms with Gasteiger partial charge in [0.2, 0.25) is 5.91 Å². The number of hydrogen-bond donors (Lipinski definition) is 2. The molecule has 0 fully saturated rings. The fourth-order valence-electron chi connectivity index (χ4n) is 2.99. The van der Waals surface area contributed by atoms with Gasteiger partial charge < -0.3 is 10.3 Å². The lowest BCUT2D eigenvalue weighted by molar-refractivity contribution is -0.116. The second kappa shape index (κ2) is 7.28. The number of aryl methyl sites for hydroxylation is 2. The zero-order valence-corrected chi connectivity index (χ0v) is 15.6. The normalized spacial score (nSPS) is 11.1. The second-order valence-corrected chi connectivity index (χ2v) is 7.25. The van der Waals surface area contributed by atoms with Crippen molar-refractivity contribution < 1.29 is 4.79 Å². The summed E-state index contributed by atoms with van der Waals surface area (Å²) in [4.78, 5) is 36.2. The van der Waals surface area contributed by atoms with Gasteiger partial charge in [-0.05, 0) is 30.2 Å². The molecule has 2 aromatic heterocycles. The molecular formula is C20H18N4O2S. The Bertz CT molecular complexity index is 1200. The minimum Gasteiger partial charge on any atom is -0.319 e. The quantitative estimate of drug-likeness (QED) is 0.555. The summed E-state index contributed by atoms with van der Waals surface area (Å²) < 4.78 is 1.05. The van der Waals surface area contributed by atoms with Crippen LogP contribution in [-0.4, -0.2) is 20.9 Å². The molecule has 0 saturated heterocycles. The van der Waals surface area contributed by atoms with Gasteiger partial charge in [-0.1, -0.05) is 42.5 Å². The number of carbonyl (C=O) groups excluding carboxylic acids is 1. The summed E-state index contributed by atoms with van der Waals surface area (Å²) in [6, 6.07) is 13.4. The van der Waals surface area contributed by atoms with Gasteiger partial charge in [0.05, 0.1) is 21.3 Å². The summed E-state index contributed by atoms with van der Waals surface area (Å²) in [5.74, 6) is -0.179. The van der Waals surface area contributed by atoms with Gasteiger partial charge in [-0.15, -0.1) is 0 Å². The van der Waals surface area contributed by atoms with Crippen LogP contribution in [-0.2, 0) is 17.6 Å². The Balaban J connectivity index is 1.47. The van der Waals surface area contributed by atoms with Gasteiger partial charge in [0.15, 0.2) is 5.13 Å². The predicted molar refractivity (Wildman–Crippen MR) is 108 cm³/mol. The molecule has 0 bridgehead atoms. The van der Waals surface area contributed by atoms with Crippen LogP contribution in [0.4, 0.5) is 5.13 Å². The highest BCUT2D eigenvalue weighted by atomic mass is 32.1. The molecule has 0 atom stereocenters. The van der Waals surface area contributed by atoms with Crippen LogP contribution in [0.2, 0.25) is 0 Å². The Morgan fingerprint density at radius 1 is 1.15 bits per heavy atom. The first kappa shape index (κ1) is 17.4. The van der Waals surface area contributed by atoms with E-state index in [2.05, 4.69) is 27.2 Å². The zero-order chi connectivity index (χ0) is 18.8. The summed E-state index contributed by atoms with van der Waals surface area (Å²) >= 11 is 1.46. The van der Waals surface area contributed by atoms with Crippen molar-refractivity contribution in [3.63, 3.8) is 0 Å². The fourth-order valence-corrected chi connectivity index (χ4v) is 3.93. The molecule has 0 aliphatic rings. The molecule has 27 heavy (non-hydrogen) atoms. The third-order valence-electron chi connectivity index (χ3n) is 4.39. The molecule has 0 spiro atoms. The van der Waals surface area contributed by atoms with E-state index in [1.807, 2.05) is 36.4 Å². The number of para-hydroxylation sites is 3. The van der Waals surface area contributed by atoms with Crippen LogP contribution < -0.4 is 10.9 Å². The van der Waals surface area contributed by atoms with Crippen molar-refractivity contribution in [3.8, 4) is 0 Å². The van der Waals surface area contributed by atoms with E-state index in [9.17, 15) is 9.59 Å². The van der Waals surface area contributed by atoms with Crippen LogP contribution in [0.3, 0.4) is 0 Å². The molecule has 4 rings (SSSR count). The van der Waals surface area contributed by atoms with E-state index in [1.165, 1.54) is 11.3 Å². The molecule has 1 amide bonds. The molecule has 6 nitrogen and oxygen atoms in total. The van der Waals surface area contributed by atoms with Gasteiger partial charge in [0.25, 0.3) is 5.56 Å². The van der Waals surface area contributed by atoms with Gasteiger partial charge in [0, 0.05) is 12.8 Å². The van der Waals surface area contributed by atoms with Crippen LogP contribution in [0.25, 0.3) is 21.3 Å². The third kappa shape index (κ3) is 3.59. The highest BCUT2D eigenvalue weighted by Gasteiger charge is 2.12. The van der Waals surface area contributed by atoms with Crippen molar-refractivity contribution in [3.05, 3.63) is 64.1 Å². The minimum atomic E-state index is -0.255. The summed E-state index contributed by atoms with van der Waals surface area (Å²) in [7, 11) is 0. The Morgan fingerprint density at radius 2 is 2.00 bits per heavy atom. The number of benzene rings is 2. The van der Waals surface area contributed by atoms with Crippen LogP contribution >= 0.6 is 11.3 Å². The Labute approximate surface area is 159 Å². The Morgan fingerprint density at radius 3 is 2.85 bits per heavy atom. The fraction of sp³-hybridized carbons (Fsp3) is 0.200. The maximum atomic E-state index is 12.3. The SMILES string of the molecule is CCc1cccc2sc(NC(=O)CCc3nc4ccccc4[nH]c3=O)nc12. The van der Waals surface area contributed by atoms with E-state index >= 15 is 0 Å². The maximum absolute atomic E-state index is 12.3. The van der Waals surface area contributed by atoms with Crippen molar-refractivity contribution >= 4 is 43.6 Å². The predicted octanol–water partition coefficient (Wildman–Crippen LogP) is 3.67. The summed E-state index contributed by atoms with van der Waals surface area (Å²) in [5.41, 5.74) is 3.61. The molecule has 0 saturated carbocycles. The van der Waals surface area contributed by atoms with Crippen LogP contribution in [0.1, 0.15) is 24.6 Å². The molecule has 0 aliphatic carbocycles. The van der Waals surface area contributed by atoms with E-state index in [0.29, 0.717) is 21.9 Å². The number of rotatable bonds is 5. The standard InChI is InChI=1S/C20H18N4O2S/c1-2-12-6-5-9-16-18(12)24-20(27-16)23-17(25)11-10-15-19(26)22-14-8-4-3-7-13(14)21-15/h3-9H,2,10-11H2,1H3,(H,22,26)(H,23,24,25). The molecule has 2 N–H and O–H groups in total. The summed E-state index contributed by atoms with van der Waals surface area (Å²) in [6.07, 6.45) is 1.34. The molecular weight excluding hydrogens is 360 g/mol. The van der Waals surface area contributed by atoms with Crippen LogP contribution in [0, 0.1) is 0 Å². The van der Waals surface area contributed by atoms with Crippen molar-refractivity contribution in [1.29, 1.82) is 0 Å². The second-order valence-electron chi connectivity index (χ2n) is 6.21. The molecule has 0 unspecified atom stereocenters. The van der Waals surface area contributed by atoms with Gasteiger partial charge in [-0.2, -0.15) is 0 Å². The number of amides is 1. The summed E-state index contributed by atoms with van der Waals surface area (Å²) in [5, 5.41) is 3.42. The lowest BCUT2D eigenvalue weighted by atomic mass is 10.1. The van der Waals surface area contributed by atoms with Gasteiger partial charge in [-0.3, -0.25) is 9.59 Å². The number of hydrogen-bond acceptors (Lipinski definition) is 5. The minimum absolute atomic E-state index is 0.172. The number of aromatic amines is 1. The molecule has 136 valence electrons. The molecule has 0 aliphatic heterocycles. The Hall–Kier alpha value is -3.06. The first-order chi connectivity index (χ1) is 13.1. The molecule has 4 aromatic rings. The molecule has 2 heterocycles. The number of H-pyrrole nitrogens is 1. The van der Waals surface area contributed by atoms with Gasteiger partial charge in [0.1, 0.15) is 5.69 Å². The third-order valence-corrected chi connectivity index (χ3v) is 5.32. The monoisotopic (exact) mass is 378 g/mol. The highest BCUT2D eigenvalue weighted by molar-refractivity contribution is 7.22. The number of nitrogens with zero attached hydrogens (tertiary/aromatic N) is 2. The zero-order valence-electron chi connectivity index (χ0n) is 14.8. The van der Waals surface area contributed by atoms with Crippen LogP contribution in [0.15, 0.2) is 47.3 Å². The van der Waals surface area contributed by atoms with Crippen molar-refractivity contribution in [2.45, 2.75) is 26.2 Å². The van der Waals surface area contributed by atoms with Crippen molar-refractivity contribution in [1.82, 2.24) is 15.0 Å². The Kier molecular flexibility index (Phi) is 4.68. The molecule has 7 heteroatoms. The topological polar surface area (TPSA) is 87.7 Å². The average molecular weight is 378 g/mol. The van der Waals surface area contributed by atoms with E-state index in [0.717, 1.165) is 22.2 Å². The van der Waals surface area contributed by atoms with Crippen molar-refractivity contribution in [2.75, 3.05) is 5.32 Å². The maximum Gasteiger partial charge on any atom is 0.270 e. The molecule has 0 radical (unpaired) electrons. The lowest BCUT2D eigenvalue weighted by Crippen LogP contribution is -2.18. The lowest BCUT2D eigenvalue weighted by Gasteiger charge is -2.03.